The number of carbonyl (C=O) groups excluding carboxylic acids is 2. The topological polar surface area (TPSA) is 71.3 Å². The zero-order valence-corrected chi connectivity index (χ0v) is 15.7. The predicted octanol–water partition coefficient (Wildman–Crippen LogP) is 4.26. The van der Waals surface area contributed by atoms with E-state index in [0.717, 1.165) is 16.5 Å². The lowest BCUT2D eigenvalue weighted by molar-refractivity contribution is 0.0912. The van der Waals surface area contributed by atoms with E-state index in [1.54, 1.807) is 18.2 Å². The first-order valence-corrected chi connectivity index (χ1v) is 9.41. The van der Waals surface area contributed by atoms with Gasteiger partial charge in [-0.2, -0.15) is 0 Å². The molecule has 2 N–H and O–H groups in total. The van der Waals surface area contributed by atoms with Gasteiger partial charge in [0, 0.05) is 24.0 Å². The van der Waals surface area contributed by atoms with Crippen LogP contribution in [0.3, 0.4) is 0 Å². The van der Waals surface area contributed by atoms with Crippen LogP contribution in [0.15, 0.2) is 89.3 Å². The lowest BCUT2D eigenvalue weighted by Gasteiger charge is -2.07. The first-order chi connectivity index (χ1) is 14.2. The van der Waals surface area contributed by atoms with Gasteiger partial charge in [0.25, 0.3) is 11.8 Å². The minimum Gasteiger partial charge on any atom is -0.451 e. The van der Waals surface area contributed by atoms with Gasteiger partial charge in [-0.15, -0.1) is 0 Å². The number of fused-ring (bicyclic) bond motifs is 1. The molecule has 144 valence electrons. The number of hydrogen-bond donors (Lipinski definition) is 2. The van der Waals surface area contributed by atoms with Crippen LogP contribution in [0.4, 0.5) is 0 Å². The Hall–Kier alpha value is -3.86. The standard InChI is InChI=1S/C24H20N2O3/c27-23(19-12-10-18(11-13-19)17-6-2-1-3-7-17)25-14-15-26-24(28)22-16-20-8-4-5-9-21(20)29-22/h1-13,16H,14-15H2,(H,25,27)(H,26,28). The van der Waals surface area contributed by atoms with Gasteiger partial charge >= 0.3 is 0 Å². The number of para-hydroxylation sites is 1. The van der Waals surface area contributed by atoms with Crippen molar-refractivity contribution in [3.63, 3.8) is 0 Å². The number of hydrogen-bond acceptors (Lipinski definition) is 3. The second kappa shape index (κ2) is 8.44. The summed E-state index contributed by atoms with van der Waals surface area (Å²) in [5, 5.41) is 6.44. The molecule has 29 heavy (non-hydrogen) atoms. The van der Waals surface area contributed by atoms with Gasteiger partial charge < -0.3 is 15.1 Å². The van der Waals surface area contributed by atoms with Crippen molar-refractivity contribution in [3.05, 3.63) is 96.3 Å². The third kappa shape index (κ3) is 4.35. The van der Waals surface area contributed by atoms with E-state index in [2.05, 4.69) is 10.6 Å². The van der Waals surface area contributed by atoms with Gasteiger partial charge in [-0.3, -0.25) is 9.59 Å². The quantitative estimate of drug-likeness (QED) is 0.488. The molecule has 0 radical (unpaired) electrons. The summed E-state index contributed by atoms with van der Waals surface area (Å²) in [6, 6.07) is 26.6. The van der Waals surface area contributed by atoms with Crippen LogP contribution in [0.25, 0.3) is 22.1 Å². The van der Waals surface area contributed by atoms with Crippen LogP contribution in [-0.2, 0) is 0 Å². The largest absolute Gasteiger partial charge is 0.451 e. The van der Waals surface area contributed by atoms with Crippen molar-refractivity contribution in [2.75, 3.05) is 13.1 Å². The van der Waals surface area contributed by atoms with Crippen LogP contribution < -0.4 is 10.6 Å². The highest BCUT2D eigenvalue weighted by Gasteiger charge is 2.11. The lowest BCUT2D eigenvalue weighted by Crippen LogP contribution is -2.34. The van der Waals surface area contributed by atoms with Crippen molar-refractivity contribution in [2.45, 2.75) is 0 Å². The number of carbonyl (C=O) groups is 2. The first kappa shape index (κ1) is 18.5. The summed E-state index contributed by atoms with van der Waals surface area (Å²) in [4.78, 5) is 24.5. The fourth-order valence-electron chi connectivity index (χ4n) is 3.08. The second-order valence-corrected chi connectivity index (χ2v) is 6.60. The molecule has 4 rings (SSSR count). The molecule has 0 aliphatic rings. The number of amides is 2. The third-order valence-corrected chi connectivity index (χ3v) is 4.60. The minimum absolute atomic E-state index is 0.178. The smallest absolute Gasteiger partial charge is 0.287 e. The van der Waals surface area contributed by atoms with Crippen LogP contribution in [0.2, 0.25) is 0 Å². The van der Waals surface area contributed by atoms with Crippen LogP contribution in [-0.4, -0.2) is 24.9 Å². The molecule has 0 unspecified atom stereocenters. The van der Waals surface area contributed by atoms with Crippen molar-refractivity contribution >= 4 is 22.8 Å². The average Bonchev–Trinajstić information content (AvgIpc) is 3.22. The molecule has 0 aliphatic carbocycles. The predicted molar refractivity (Wildman–Crippen MR) is 113 cm³/mol. The van der Waals surface area contributed by atoms with Crippen molar-refractivity contribution in [3.8, 4) is 11.1 Å². The molecule has 0 atom stereocenters. The molecule has 0 saturated carbocycles. The summed E-state index contributed by atoms with van der Waals surface area (Å²) in [6.07, 6.45) is 0. The van der Waals surface area contributed by atoms with Gasteiger partial charge in [0.15, 0.2) is 5.76 Å². The second-order valence-electron chi connectivity index (χ2n) is 6.60. The Labute approximate surface area is 168 Å². The summed E-state index contributed by atoms with van der Waals surface area (Å²) in [5.41, 5.74) is 3.41. The first-order valence-electron chi connectivity index (χ1n) is 9.41. The SMILES string of the molecule is O=C(NCCNC(=O)c1cc2ccccc2o1)c1ccc(-c2ccccc2)cc1. The Morgan fingerprint density at radius 2 is 1.31 bits per heavy atom. The van der Waals surface area contributed by atoms with Crippen molar-refractivity contribution in [1.82, 2.24) is 10.6 Å². The Bertz CT molecular complexity index is 1100. The van der Waals surface area contributed by atoms with Gasteiger partial charge in [-0.25, -0.2) is 0 Å². The van der Waals surface area contributed by atoms with Crippen molar-refractivity contribution in [2.24, 2.45) is 0 Å². The zero-order chi connectivity index (χ0) is 20.1. The summed E-state index contributed by atoms with van der Waals surface area (Å²) in [5.74, 6) is -0.223. The monoisotopic (exact) mass is 384 g/mol. The molecular weight excluding hydrogens is 364 g/mol. The molecule has 0 saturated heterocycles. The Morgan fingerprint density at radius 1 is 0.690 bits per heavy atom. The Balaban J connectivity index is 1.27. The number of nitrogens with one attached hydrogen (secondary N) is 2. The molecule has 5 nitrogen and oxygen atoms in total. The van der Waals surface area contributed by atoms with Crippen LogP contribution in [0.5, 0.6) is 0 Å². The van der Waals surface area contributed by atoms with E-state index in [4.69, 9.17) is 4.42 Å². The van der Waals surface area contributed by atoms with Gasteiger partial charge in [0.2, 0.25) is 0 Å². The van der Waals surface area contributed by atoms with Crippen molar-refractivity contribution < 1.29 is 14.0 Å². The summed E-state index contributed by atoms with van der Waals surface area (Å²) >= 11 is 0. The summed E-state index contributed by atoms with van der Waals surface area (Å²) < 4.78 is 5.53. The molecule has 0 aliphatic heterocycles. The Kier molecular flexibility index (Phi) is 5.38. The molecule has 2 amide bonds. The molecule has 0 spiro atoms. The summed E-state index contributed by atoms with van der Waals surface area (Å²) in [6.45, 7) is 0.634. The maximum atomic E-state index is 12.3. The van der Waals surface area contributed by atoms with E-state index in [0.29, 0.717) is 24.2 Å². The molecule has 0 fully saturated rings. The summed E-state index contributed by atoms with van der Waals surface area (Å²) in [7, 11) is 0. The van der Waals surface area contributed by atoms with E-state index >= 15 is 0 Å². The fourth-order valence-corrected chi connectivity index (χ4v) is 3.08. The maximum Gasteiger partial charge on any atom is 0.287 e. The number of rotatable bonds is 6. The molecular formula is C24H20N2O3. The van der Waals surface area contributed by atoms with E-state index < -0.39 is 0 Å². The van der Waals surface area contributed by atoms with Gasteiger partial charge in [-0.05, 0) is 35.4 Å². The zero-order valence-electron chi connectivity index (χ0n) is 15.7. The van der Waals surface area contributed by atoms with Gasteiger partial charge in [0.1, 0.15) is 5.58 Å². The molecule has 4 aromatic rings. The van der Waals surface area contributed by atoms with Crippen molar-refractivity contribution in [1.29, 1.82) is 0 Å². The van der Waals surface area contributed by atoms with Crippen LogP contribution >= 0.6 is 0 Å². The van der Waals surface area contributed by atoms with Crippen LogP contribution in [0, 0.1) is 0 Å². The number of furan rings is 1. The normalized spacial score (nSPS) is 10.6. The highest BCUT2D eigenvalue weighted by molar-refractivity contribution is 5.96. The maximum absolute atomic E-state index is 12.3. The van der Waals surface area contributed by atoms with E-state index in [-0.39, 0.29) is 17.6 Å². The molecule has 1 aromatic heterocycles. The molecule has 1 heterocycles. The van der Waals surface area contributed by atoms with E-state index in [1.807, 2.05) is 66.7 Å². The highest BCUT2D eigenvalue weighted by atomic mass is 16.3. The highest BCUT2D eigenvalue weighted by Crippen LogP contribution is 2.19. The molecule has 0 bridgehead atoms. The fraction of sp³-hybridized carbons (Fsp3) is 0.0833. The molecule has 5 heteroatoms. The van der Waals surface area contributed by atoms with E-state index in [9.17, 15) is 9.59 Å². The lowest BCUT2D eigenvalue weighted by atomic mass is 10.0. The Morgan fingerprint density at radius 3 is 2.03 bits per heavy atom. The third-order valence-electron chi connectivity index (χ3n) is 4.60. The van der Waals surface area contributed by atoms with Gasteiger partial charge in [-0.1, -0.05) is 60.7 Å². The minimum atomic E-state index is -0.303. The number of benzene rings is 3. The average molecular weight is 384 g/mol. The van der Waals surface area contributed by atoms with Crippen LogP contribution in [0.1, 0.15) is 20.9 Å². The van der Waals surface area contributed by atoms with E-state index in [1.165, 1.54) is 0 Å². The molecule has 3 aromatic carbocycles. The van der Waals surface area contributed by atoms with Gasteiger partial charge in [0.05, 0.1) is 0 Å².